The molecule has 1 aliphatic rings. The van der Waals surface area contributed by atoms with Crippen molar-refractivity contribution in [2.75, 3.05) is 11.5 Å². The van der Waals surface area contributed by atoms with Crippen LogP contribution in [0.5, 0.6) is 0 Å². The Labute approximate surface area is 207 Å². The number of carbonyl (C=O) groups excluding carboxylic acids is 1. The largest absolute Gasteiger partial charge is 0.331 e. The summed E-state index contributed by atoms with van der Waals surface area (Å²) in [5.74, 6) is 2.30. The number of nitrogens with zero attached hydrogens (tertiary/aromatic N) is 1. The van der Waals surface area contributed by atoms with E-state index < -0.39 is 5.41 Å². The standard InChI is InChI=1S/C27H33Cl2NOS/c1-5-15-27(4)17-24(20-9-8-10-22(29)16-20)25(19-11-13-21(28)14-12-19)30(26(27)31)23(6-2)18-32-7-3/h5,8-14,16,23-25H,1,6-7,15,17-18H2,2-4H3/t23-,24?,25?,27?/m0/s1. The molecule has 0 N–H and O–H groups in total. The number of hydrogen-bond donors (Lipinski definition) is 0. The highest BCUT2D eigenvalue weighted by Gasteiger charge is 2.50. The van der Waals surface area contributed by atoms with Crippen LogP contribution in [0, 0.1) is 5.41 Å². The van der Waals surface area contributed by atoms with E-state index in [1.807, 2.05) is 42.1 Å². The maximum Gasteiger partial charge on any atom is 0.229 e. The van der Waals surface area contributed by atoms with Crippen LogP contribution in [0.2, 0.25) is 10.0 Å². The third-order valence-electron chi connectivity index (χ3n) is 6.56. The van der Waals surface area contributed by atoms with E-state index >= 15 is 0 Å². The van der Waals surface area contributed by atoms with Crippen LogP contribution in [0.4, 0.5) is 0 Å². The molecule has 1 heterocycles. The van der Waals surface area contributed by atoms with Gasteiger partial charge in [-0.25, -0.2) is 0 Å². The predicted molar refractivity (Wildman–Crippen MR) is 140 cm³/mol. The second-order valence-corrected chi connectivity index (χ2v) is 11.0. The number of hydrogen-bond acceptors (Lipinski definition) is 2. The van der Waals surface area contributed by atoms with Gasteiger partial charge in [-0.2, -0.15) is 11.8 Å². The van der Waals surface area contributed by atoms with Crippen molar-refractivity contribution in [3.05, 3.63) is 82.4 Å². The summed E-state index contributed by atoms with van der Waals surface area (Å²) in [6, 6.07) is 16.2. The number of rotatable bonds is 9. The number of halogens is 2. The average molecular weight is 491 g/mol. The molecule has 1 fully saturated rings. The van der Waals surface area contributed by atoms with E-state index in [0.29, 0.717) is 11.4 Å². The molecule has 4 atom stereocenters. The first-order chi connectivity index (χ1) is 15.3. The first-order valence-corrected chi connectivity index (χ1v) is 13.3. The summed E-state index contributed by atoms with van der Waals surface area (Å²) in [4.78, 5) is 16.3. The third-order valence-corrected chi connectivity index (χ3v) is 8.08. The van der Waals surface area contributed by atoms with Gasteiger partial charge in [0.25, 0.3) is 0 Å². The highest BCUT2D eigenvalue weighted by molar-refractivity contribution is 7.99. The second kappa shape index (κ2) is 11.1. The molecule has 2 aromatic rings. The Morgan fingerprint density at radius 2 is 1.88 bits per heavy atom. The zero-order valence-corrected chi connectivity index (χ0v) is 21.5. The fourth-order valence-electron chi connectivity index (χ4n) is 4.94. The molecule has 0 spiro atoms. The van der Waals surface area contributed by atoms with Crippen LogP contribution in [-0.2, 0) is 4.79 Å². The number of amides is 1. The molecule has 2 nitrogen and oxygen atoms in total. The summed E-state index contributed by atoms with van der Waals surface area (Å²) in [5, 5.41) is 1.42. The number of likely N-dealkylation sites (tertiary alicyclic amines) is 1. The van der Waals surface area contributed by atoms with Crippen molar-refractivity contribution in [1.29, 1.82) is 0 Å². The monoisotopic (exact) mass is 489 g/mol. The van der Waals surface area contributed by atoms with E-state index in [9.17, 15) is 4.79 Å². The molecular weight excluding hydrogens is 457 g/mol. The molecule has 1 aliphatic heterocycles. The molecular formula is C27H33Cl2NOS. The zero-order chi connectivity index (χ0) is 23.3. The van der Waals surface area contributed by atoms with Crippen molar-refractivity contribution < 1.29 is 4.79 Å². The minimum absolute atomic E-state index is 0.0708. The molecule has 0 aromatic heterocycles. The number of allylic oxidation sites excluding steroid dienone is 1. The minimum Gasteiger partial charge on any atom is -0.331 e. The zero-order valence-electron chi connectivity index (χ0n) is 19.2. The number of benzene rings is 2. The molecule has 3 unspecified atom stereocenters. The van der Waals surface area contributed by atoms with Gasteiger partial charge in [0.15, 0.2) is 0 Å². The summed E-state index contributed by atoms with van der Waals surface area (Å²) in [6.45, 7) is 10.4. The lowest BCUT2D eigenvalue weighted by Gasteiger charge is -2.52. The molecule has 1 saturated heterocycles. The smallest absolute Gasteiger partial charge is 0.229 e. The molecule has 0 radical (unpaired) electrons. The minimum atomic E-state index is -0.498. The number of carbonyl (C=O) groups is 1. The van der Waals surface area contributed by atoms with Gasteiger partial charge >= 0.3 is 0 Å². The maximum absolute atomic E-state index is 14.1. The first kappa shape index (κ1) is 25.2. The van der Waals surface area contributed by atoms with E-state index in [1.165, 1.54) is 5.56 Å². The van der Waals surface area contributed by atoms with E-state index in [0.717, 1.165) is 34.9 Å². The Morgan fingerprint density at radius 1 is 1.16 bits per heavy atom. The normalized spacial score (nSPS) is 24.4. The molecule has 1 amide bonds. The van der Waals surface area contributed by atoms with Gasteiger partial charge in [-0.1, -0.05) is 74.3 Å². The molecule has 2 aromatic carbocycles. The van der Waals surface area contributed by atoms with E-state index in [-0.39, 0.29) is 23.9 Å². The van der Waals surface area contributed by atoms with Gasteiger partial charge in [-0.05, 0) is 60.4 Å². The fourth-order valence-corrected chi connectivity index (χ4v) is 6.17. The lowest BCUT2D eigenvalue weighted by molar-refractivity contribution is -0.153. The van der Waals surface area contributed by atoms with Crippen molar-refractivity contribution in [3.63, 3.8) is 0 Å². The molecule has 5 heteroatoms. The van der Waals surface area contributed by atoms with Gasteiger partial charge in [0, 0.05) is 27.8 Å². The summed E-state index contributed by atoms with van der Waals surface area (Å²) in [6.07, 6.45) is 4.20. The van der Waals surface area contributed by atoms with Crippen molar-refractivity contribution >= 4 is 40.9 Å². The lowest BCUT2D eigenvalue weighted by Crippen LogP contribution is -2.56. The van der Waals surface area contributed by atoms with Crippen molar-refractivity contribution in [2.24, 2.45) is 5.41 Å². The maximum atomic E-state index is 14.1. The molecule has 3 rings (SSSR count). The molecule has 0 bridgehead atoms. The van der Waals surface area contributed by atoms with Crippen LogP contribution in [-0.4, -0.2) is 28.4 Å². The summed E-state index contributed by atoms with van der Waals surface area (Å²) in [7, 11) is 0. The first-order valence-electron chi connectivity index (χ1n) is 11.4. The van der Waals surface area contributed by atoms with E-state index in [4.69, 9.17) is 23.2 Å². The van der Waals surface area contributed by atoms with Crippen LogP contribution >= 0.6 is 35.0 Å². The number of thioether (sulfide) groups is 1. The Balaban J connectivity index is 2.20. The highest BCUT2D eigenvalue weighted by atomic mass is 35.5. The predicted octanol–water partition coefficient (Wildman–Crippen LogP) is 8.16. The van der Waals surface area contributed by atoms with Crippen LogP contribution in [0.15, 0.2) is 61.2 Å². The van der Waals surface area contributed by atoms with Gasteiger partial charge in [0.1, 0.15) is 0 Å². The van der Waals surface area contributed by atoms with Crippen LogP contribution in [0.1, 0.15) is 63.1 Å². The summed E-state index contributed by atoms with van der Waals surface area (Å²) in [5.41, 5.74) is 1.79. The van der Waals surface area contributed by atoms with Crippen molar-refractivity contribution in [2.45, 2.75) is 58.0 Å². The third kappa shape index (κ3) is 5.38. The van der Waals surface area contributed by atoms with Gasteiger partial charge in [-0.15, -0.1) is 6.58 Å². The SMILES string of the molecule is C=CCC1(C)CC(c2cccc(Cl)c2)C(c2ccc(Cl)cc2)N([C@@H](CC)CSCC)C1=O. The van der Waals surface area contributed by atoms with Crippen LogP contribution < -0.4 is 0 Å². The lowest BCUT2D eigenvalue weighted by atomic mass is 9.67. The highest BCUT2D eigenvalue weighted by Crippen LogP contribution is 2.52. The number of piperidine rings is 1. The van der Waals surface area contributed by atoms with Gasteiger partial charge in [0.05, 0.1) is 11.5 Å². The Hall–Kier alpha value is -1.42. The Kier molecular flexibility index (Phi) is 8.77. The van der Waals surface area contributed by atoms with Gasteiger partial charge in [0.2, 0.25) is 5.91 Å². The second-order valence-electron chi connectivity index (χ2n) is 8.85. The molecule has 0 aliphatic carbocycles. The van der Waals surface area contributed by atoms with Gasteiger partial charge in [-0.3, -0.25) is 4.79 Å². The Morgan fingerprint density at radius 3 is 2.47 bits per heavy atom. The van der Waals surface area contributed by atoms with Gasteiger partial charge < -0.3 is 4.90 Å². The van der Waals surface area contributed by atoms with Crippen molar-refractivity contribution in [1.82, 2.24) is 4.90 Å². The topological polar surface area (TPSA) is 20.3 Å². The fraction of sp³-hybridized carbons (Fsp3) is 0.444. The van der Waals surface area contributed by atoms with E-state index in [1.54, 1.807) is 0 Å². The quantitative estimate of drug-likeness (QED) is 0.331. The van der Waals surface area contributed by atoms with Crippen LogP contribution in [0.3, 0.4) is 0 Å². The Bertz CT molecular complexity index is 932. The van der Waals surface area contributed by atoms with E-state index in [2.05, 4.69) is 56.5 Å². The molecule has 172 valence electrons. The van der Waals surface area contributed by atoms with Crippen molar-refractivity contribution in [3.8, 4) is 0 Å². The van der Waals surface area contributed by atoms with Crippen LogP contribution in [0.25, 0.3) is 0 Å². The average Bonchev–Trinajstić information content (AvgIpc) is 2.77. The summed E-state index contributed by atoms with van der Waals surface area (Å²) < 4.78 is 0. The summed E-state index contributed by atoms with van der Waals surface area (Å²) >= 11 is 14.5. The molecule has 32 heavy (non-hydrogen) atoms. The molecule has 0 saturated carbocycles.